The van der Waals surface area contributed by atoms with Crippen LogP contribution in [-0.2, 0) is 9.84 Å². The molecular weight excluding hydrogens is 234 g/mol. The van der Waals surface area contributed by atoms with Crippen LogP contribution in [0.1, 0.15) is 17.9 Å². The van der Waals surface area contributed by atoms with E-state index in [4.69, 9.17) is 17.3 Å². The Kier molecular flexibility index (Phi) is 2.75. The van der Waals surface area contributed by atoms with Gasteiger partial charge in [0.2, 0.25) is 0 Å². The molecule has 0 aromatic heterocycles. The number of sulfone groups is 1. The predicted octanol–water partition coefficient (Wildman–Crippen LogP) is 1.56. The van der Waals surface area contributed by atoms with Gasteiger partial charge in [0, 0.05) is 10.9 Å². The maximum Gasteiger partial charge on any atom is 0.179 e. The van der Waals surface area contributed by atoms with Gasteiger partial charge >= 0.3 is 0 Å². The molecule has 2 rings (SSSR count). The molecule has 1 aromatic carbocycles. The summed E-state index contributed by atoms with van der Waals surface area (Å²) in [6.07, 6.45) is 0.663. The summed E-state index contributed by atoms with van der Waals surface area (Å²) in [4.78, 5) is 0.383. The SMILES string of the molecule is NCCC1CS(=O)(=O)c2cccc(Cl)c21. The van der Waals surface area contributed by atoms with Crippen LogP contribution in [0.2, 0.25) is 5.02 Å². The summed E-state index contributed by atoms with van der Waals surface area (Å²) in [5.74, 6) is 0.104. The molecule has 0 aliphatic carbocycles. The van der Waals surface area contributed by atoms with Crippen molar-refractivity contribution in [3.63, 3.8) is 0 Å². The minimum atomic E-state index is -3.14. The van der Waals surface area contributed by atoms with Gasteiger partial charge in [-0.2, -0.15) is 0 Å². The number of hydrogen-bond donors (Lipinski definition) is 1. The van der Waals surface area contributed by atoms with Crippen molar-refractivity contribution in [1.29, 1.82) is 0 Å². The van der Waals surface area contributed by atoms with Crippen LogP contribution in [0.5, 0.6) is 0 Å². The second-order valence-electron chi connectivity index (χ2n) is 3.71. The van der Waals surface area contributed by atoms with E-state index in [1.807, 2.05) is 0 Å². The molecule has 0 spiro atoms. The number of nitrogens with two attached hydrogens (primary N) is 1. The summed E-state index contributed by atoms with van der Waals surface area (Å²) in [6, 6.07) is 5.02. The van der Waals surface area contributed by atoms with Crippen LogP contribution in [0, 0.1) is 0 Å². The number of fused-ring (bicyclic) bond motifs is 1. The molecule has 1 aliphatic heterocycles. The van der Waals surface area contributed by atoms with Gasteiger partial charge in [-0.15, -0.1) is 0 Å². The zero-order chi connectivity index (χ0) is 11.1. The topological polar surface area (TPSA) is 60.2 Å². The molecule has 0 radical (unpaired) electrons. The highest BCUT2D eigenvalue weighted by atomic mass is 35.5. The summed E-state index contributed by atoms with van der Waals surface area (Å²) >= 11 is 6.02. The molecule has 2 N–H and O–H groups in total. The summed E-state index contributed by atoms with van der Waals surface area (Å²) in [5.41, 5.74) is 6.22. The number of benzene rings is 1. The van der Waals surface area contributed by atoms with Crippen LogP contribution in [0.4, 0.5) is 0 Å². The normalized spacial score (nSPS) is 22.7. The van der Waals surface area contributed by atoms with Crippen LogP contribution in [-0.4, -0.2) is 20.7 Å². The highest BCUT2D eigenvalue weighted by Gasteiger charge is 2.35. The van der Waals surface area contributed by atoms with Crippen molar-refractivity contribution < 1.29 is 8.42 Å². The smallest absolute Gasteiger partial charge is 0.179 e. The largest absolute Gasteiger partial charge is 0.330 e. The van der Waals surface area contributed by atoms with E-state index < -0.39 is 9.84 Å². The molecule has 3 nitrogen and oxygen atoms in total. The Morgan fingerprint density at radius 1 is 1.47 bits per heavy atom. The maximum atomic E-state index is 11.8. The van der Waals surface area contributed by atoms with Gasteiger partial charge in [-0.05, 0) is 30.7 Å². The summed E-state index contributed by atoms with van der Waals surface area (Å²) in [5, 5.41) is 0.534. The zero-order valence-corrected chi connectivity index (χ0v) is 9.68. The third-order valence-corrected chi connectivity index (χ3v) is 4.89. The van der Waals surface area contributed by atoms with E-state index in [0.717, 1.165) is 5.56 Å². The van der Waals surface area contributed by atoms with Crippen molar-refractivity contribution in [3.05, 3.63) is 28.8 Å². The lowest BCUT2D eigenvalue weighted by Crippen LogP contribution is -2.09. The van der Waals surface area contributed by atoms with Crippen LogP contribution < -0.4 is 5.73 Å². The molecule has 0 saturated heterocycles. The lowest BCUT2D eigenvalue weighted by Gasteiger charge is -2.09. The third-order valence-electron chi connectivity index (χ3n) is 2.69. The summed E-state index contributed by atoms with van der Waals surface area (Å²) < 4.78 is 23.6. The molecule has 15 heavy (non-hydrogen) atoms. The Bertz CT molecular complexity index is 484. The van der Waals surface area contributed by atoms with E-state index in [9.17, 15) is 8.42 Å². The van der Waals surface area contributed by atoms with E-state index in [0.29, 0.717) is 22.9 Å². The second-order valence-corrected chi connectivity index (χ2v) is 6.12. The van der Waals surface area contributed by atoms with Gasteiger partial charge in [0.25, 0.3) is 0 Å². The van der Waals surface area contributed by atoms with Crippen molar-refractivity contribution in [1.82, 2.24) is 0 Å². The fourth-order valence-corrected chi connectivity index (χ4v) is 4.38. The minimum Gasteiger partial charge on any atom is -0.330 e. The predicted molar refractivity (Wildman–Crippen MR) is 59.9 cm³/mol. The highest BCUT2D eigenvalue weighted by Crippen LogP contribution is 2.40. The van der Waals surface area contributed by atoms with Crippen LogP contribution in [0.15, 0.2) is 23.1 Å². The van der Waals surface area contributed by atoms with E-state index >= 15 is 0 Å². The van der Waals surface area contributed by atoms with Gasteiger partial charge < -0.3 is 5.73 Å². The average Bonchev–Trinajstić information content (AvgIpc) is 2.41. The average molecular weight is 246 g/mol. The van der Waals surface area contributed by atoms with Gasteiger partial charge in [0.15, 0.2) is 9.84 Å². The first kappa shape index (κ1) is 10.9. The highest BCUT2D eigenvalue weighted by molar-refractivity contribution is 7.91. The molecule has 1 aliphatic rings. The third kappa shape index (κ3) is 1.77. The molecule has 0 amide bonds. The molecule has 0 bridgehead atoms. The number of halogens is 1. The van der Waals surface area contributed by atoms with Gasteiger partial charge in [-0.3, -0.25) is 0 Å². The van der Waals surface area contributed by atoms with Gasteiger partial charge in [-0.25, -0.2) is 8.42 Å². The standard InChI is InChI=1S/C10H12ClNO2S/c11-8-2-1-3-9-10(8)7(4-5-12)6-15(9,13)14/h1-3,7H,4-6,12H2. The first-order valence-electron chi connectivity index (χ1n) is 4.77. The van der Waals surface area contributed by atoms with Crippen molar-refractivity contribution in [2.45, 2.75) is 17.2 Å². The van der Waals surface area contributed by atoms with Gasteiger partial charge in [-0.1, -0.05) is 17.7 Å². The van der Waals surface area contributed by atoms with Crippen molar-refractivity contribution in [2.75, 3.05) is 12.3 Å². The molecule has 82 valence electrons. The molecular formula is C10H12ClNO2S. The lowest BCUT2D eigenvalue weighted by atomic mass is 9.98. The van der Waals surface area contributed by atoms with Crippen molar-refractivity contribution in [3.8, 4) is 0 Å². The Balaban J connectivity index is 2.59. The quantitative estimate of drug-likeness (QED) is 0.860. The maximum absolute atomic E-state index is 11.8. The van der Waals surface area contributed by atoms with E-state index in [1.165, 1.54) is 0 Å². The first-order chi connectivity index (χ1) is 7.06. The molecule has 0 fully saturated rings. The molecule has 1 unspecified atom stereocenters. The molecule has 5 heteroatoms. The van der Waals surface area contributed by atoms with E-state index in [-0.39, 0.29) is 11.7 Å². The molecule has 0 saturated carbocycles. The van der Waals surface area contributed by atoms with Crippen LogP contribution in [0.25, 0.3) is 0 Å². The monoisotopic (exact) mass is 245 g/mol. The Labute approximate surface area is 94.2 Å². The number of rotatable bonds is 2. The zero-order valence-electron chi connectivity index (χ0n) is 8.11. The fourth-order valence-electron chi connectivity index (χ4n) is 2.05. The fraction of sp³-hybridized carbons (Fsp3) is 0.400. The van der Waals surface area contributed by atoms with E-state index in [2.05, 4.69) is 0 Å². The molecule has 1 atom stereocenters. The van der Waals surface area contributed by atoms with E-state index in [1.54, 1.807) is 18.2 Å². The summed E-state index contributed by atoms with van der Waals surface area (Å²) in [7, 11) is -3.14. The Morgan fingerprint density at radius 2 is 2.20 bits per heavy atom. The molecule has 1 aromatic rings. The summed E-state index contributed by atoms with van der Waals surface area (Å²) in [6.45, 7) is 0.477. The van der Waals surface area contributed by atoms with Crippen LogP contribution >= 0.6 is 11.6 Å². The van der Waals surface area contributed by atoms with Gasteiger partial charge in [0.1, 0.15) is 0 Å². The first-order valence-corrected chi connectivity index (χ1v) is 6.80. The Hall–Kier alpha value is -0.580. The Morgan fingerprint density at radius 3 is 2.87 bits per heavy atom. The number of hydrogen-bond acceptors (Lipinski definition) is 3. The van der Waals surface area contributed by atoms with Crippen LogP contribution in [0.3, 0.4) is 0 Å². The molecule has 1 heterocycles. The van der Waals surface area contributed by atoms with Crippen molar-refractivity contribution in [2.24, 2.45) is 5.73 Å². The van der Waals surface area contributed by atoms with Crippen molar-refractivity contribution >= 4 is 21.4 Å². The minimum absolute atomic E-state index is 0.0382. The lowest BCUT2D eigenvalue weighted by molar-refractivity contribution is 0.595. The second kappa shape index (κ2) is 3.77. The van der Waals surface area contributed by atoms with Gasteiger partial charge in [0.05, 0.1) is 10.6 Å².